The van der Waals surface area contributed by atoms with Crippen LogP contribution in [0.15, 0.2) is 21.7 Å². The number of rotatable bonds is 5. The van der Waals surface area contributed by atoms with Crippen molar-refractivity contribution in [2.75, 3.05) is 46.4 Å². The highest BCUT2D eigenvalue weighted by Crippen LogP contribution is 2.21. The molecule has 0 aromatic carbocycles. The summed E-state index contributed by atoms with van der Waals surface area (Å²) < 4.78 is 31.7. The standard InChI is InChI=1S/C12H19N3O3S3/c1-18-9-4-13-12(19)14-5-7-15(8-6-14)21(16,17)11-3-2-10-20-11/h2-3,10H,4-9H2,1H3,(H,13,19). The third kappa shape index (κ3) is 4.13. The van der Waals surface area contributed by atoms with Gasteiger partial charge in [-0.05, 0) is 23.7 Å². The fraction of sp³-hybridized carbons (Fsp3) is 0.583. The van der Waals surface area contributed by atoms with Crippen molar-refractivity contribution in [1.29, 1.82) is 0 Å². The van der Waals surface area contributed by atoms with Crippen molar-refractivity contribution in [2.45, 2.75) is 4.21 Å². The number of thiocarbonyl (C=S) groups is 1. The van der Waals surface area contributed by atoms with Crippen molar-refractivity contribution in [2.24, 2.45) is 0 Å². The van der Waals surface area contributed by atoms with E-state index in [4.69, 9.17) is 17.0 Å². The van der Waals surface area contributed by atoms with E-state index in [-0.39, 0.29) is 0 Å². The first-order valence-electron chi connectivity index (χ1n) is 6.61. The summed E-state index contributed by atoms with van der Waals surface area (Å²) in [5.74, 6) is 0. The molecule has 0 aliphatic carbocycles. The van der Waals surface area contributed by atoms with Crippen LogP contribution in [0.4, 0.5) is 0 Å². The SMILES string of the molecule is COCCNC(=S)N1CCN(S(=O)(=O)c2cccs2)CC1. The minimum Gasteiger partial charge on any atom is -0.383 e. The molecule has 118 valence electrons. The van der Waals surface area contributed by atoms with Crippen LogP contribution in [0.3, 0.4) is 0 Å². The van der Waals surface area contributed by atoms with Crippen LogP contribution in [-0.2, 0) is 14.8 Å². The second kappa shape index (κ2) is 7.50. The Hall–Kier alpha value is -0.740. The average molecular weight is 350 g/mol. The van der Waals surface area contributed by atoms with Crippen molar-refractivity contribution < 1.29 is 13.2 Å². The molecule has 1 aliphatic rings. The summed E-state index contributed by atoms with van der Waals surface area (Å²) >= 11 is 6.54. The Balaban J connectivity index is 1.87. The van der Waals surface area contributed by atoms with Crippen molar-refractivity contribution in [3.63, 3.8) is 0 Å². The summed E-state index contributed by atoms with van der Waals surface area (Å²) in [4.78, 5) is 1.99. The molecule has 0 radical (unpaired) electrons. The van der Waals surface area contributed by atoms with E-state index in [0.29, 0.717) is 48.7 Å². The van der Waals surface area contributed by atoms with Crippen LogP contribution in [-0.4, -0.2) is 69.2 Å². The zero-order valence-corrected chi connectivity index (χ0v) is 14.3. The Morgan fingerprint density at radius 1 is 1.43 bits per heavy atom. The molecule has 6 nitrogen and oxygen atoms in total. The van der Waals surface area contributed by atoms with Crippen LogP contribution in [0, 0.1) is 0 Å². The van der Waals surface area contributed by atoms with Gasteiger partial charge < -0.3 is 15.0 Å². The van der Waals surface area contributed by atoms with Crippen LogP contribution in [0.25, 0.3) is 0 Å². The van der Waals surface area contributed by atoms with E-state index >= 15 is 0 Å². The average Bonchev–Trinajstić information content (AvgIpc) is 3.02. The lowest BCUT2D eigenvalue weighted by molar-refractivity contribution is 0.201. The quantitative estimate of drug-likeness (QED) is 0.620. The highest BCUT2D eigenvalue weighted by atomic mass is 32.2. The molecule has 1 fully saturated rings. The Morgan fingerprint density at radius 3 is 2.71 bits per heavy atom. The number of sulfonamides is 1. The normalized spacial score (nSPS) is 16.9. The van der Waals surface area contributed by atoms with E-state index in [1.54, 1.807) is 24.6 Å². The first-order valence-corrected chi connectivity index (χ1v) is 9.34. The van der Waals surface area contributed by atoms with E-state index in [2.05, 4.69) is 5.32 Å². The molecule has 0 spiro atoms. The van der Waals surface area contributed by atoms with Gasteiger partial charge in [-0.25, -0.2) is 8.42 Å². The second-order valence-electron chi connectivity index (χ2n) is 4.55. The predicted molar refractivity (Wildman–Crippen MR) is 87.1 cm³/mol. The van der Waals surface area contributed by atoms with Gasteiger partial charge in [0, 0.05) is 39.8 Å². The van der Waals surface area contributed by atoms with Crippen molar-refractivity contribution in [3.8, 4) is 0 Å². The lowest BCUT2D eigenvalue weighted by Crippen LogP contribution is -2.53. The van der Waals surface area contributed by atoms with Crippen LogP contribution in [0.5, 0.6) is 0 Å². The highest BCUT2D eigenvalue weighted by Gasteiger charge is 2.29. The molecule has 1 aliphatic heterocycles. The van der Waals surface area contributed by atoms with E-state index < -0.39 is 10.0 Å². The molecule has 0 unspecified atom stereocenters. The first-order chi connectivity index (χ1) is 10.1. The van der Waals surface area contributed by atoms with Gasteiger partial charge in [-0.1, -0.05) is 6.07 Å². The van der Waals surface area contributed by atoms with Crippen molar-refractivity contribution >= 4 is 38.7 Å². The van der Waals surface area contributed by atoms with Crippen LogP contribution < -0.4 is 5.32 Å². The molecule has 0 saturated carbocycles. The van der Waals surface area contributed by atoms with Crippen LogP contribution >= 0.6 is 23.6 Å². The topological polar surface area (TPSA) is 61.9 Å². The maximum atomic E-state index is 12.4. The number of ether oxygens (including phenoxy) is 1. The zero-order chi connectivity index (χ0) is 15.3. The number of thiophene rings is 1. The van der Waals surface area contributed by atoms with Gasteiger partial charge in [0.25, 0.3) is 10.0 Å². The van der Waals surface area contributed by atoms with E-state index in [9.17, 15) is 8.42 Å². The second-order valence-corrected chi connectivity index (χ2v) is 8.05. The predicted octanol–water partition coefficient (Wildman–Crippen LogP) is 0.575. The minimum atomic E-state index is -3.35. The first kappa shape index (κ1) is 16.6. The van der Waals surface area contributed by atoms with Crippen LogP contribution in [0.1, 0.15) is 0 Å². The van der Waals surface area contributed by atoms with Crippen molar-refractivity contribution in [3.05, 3.63) is 17.5 Å². The number of nitrogens with one attached hydrogen (secondary N) is 1. The maximum Gasteiger partial charge on any atom is 0.252 e. The summed E-state index contributed by atoms with van der Waals surface area (Å²) in [6.45, 7) is 3.35. The summed E-state index contributed by atoms with van der Waals surface area (Å²) in [5.41, 5.74) is 0. The third-order valence-electron chi connectivity index (χ3n) is 3.20. The van der Waals surface area contributed by atoms with Gasteiger partial charge in [-0.15, -0.1) is 11.3 Å². The lowest BCUT2D eigenvalue weighted by atomic mass is 10.4. The maximum absolute atomic E-state index is 12.4. The van der Waals surface area contributed by atoms with Gasteiger partial charge in [-0.3, -0.25) is 0 Å². The van der Waals surface area contributed by atoms with E-state index in [1.165, 1.54) is 15.6 Å². The Kier molecular flexibility index (Phi) is 5.94. The summed E-state index contributed by atoms with van der Waals surface area (Å²) in [6.07, 6.45) is 0. The molecule has 9 heteroatoms. The molecule has 0 atom stereocenters. The van der Waals surface area contributed by atoms with Gasteiger partial charge in [0.1, 0.15) is 4.21 Å². The Labute approximate surface area is 134 Å². The molecule has 21 heavy (non-hydrogen) atoms. The van der Waals surface area contributed by atoms with E-state index in [0.717, 1.165) is 0 Å². The monoisotopic (exact) mass is 349 g/mol. The minimum absolute atomic E-state index is 0.400. The molecule has 1 aromatic heterocycles. The van der Waals surface area contributed by atoms with E-state index in [1.807, 2.05) is 4.90 Å². The van der Waals surface area contributed by atoms with Crippen LogP contribution in [0.2, 0.25) is 0 Å². The fourth-order valence-corrected chi connectivity index (χ4v) is 4.89. The highest BCUT2D eigenvalue weighted by molar-refractivity contribution is 7.91. The molecule has 2 rings (SSSR count). The molecule has 2 heterocycles. The third-order valence-corrected chi connectivity index (χ3v) is 6.87. The fourth-order valence-electron chi connectivity index (χ4n) is 2.04. The van der Waals surface area contributed by atoms with Gasteiger partial charge >= 0.3 is 0 Å². The number of hydrogen-bond acceptors (Lipinski definition) is 5. The van der Waals surface area contributed by atoms with Gasteiger partial charge in [0.05, 0.1) is 6.61 Å². The van der Waals surface area contributed by atoms with Gasteiger partial charge in [0.2, 0.25) is 0 Å². The summed E-state index contributed by atoms with van der Waals surface area (Å²) in [5, 5.41) is 5.53. The lowest BCUT2D eigenvalue weighted by Gasteiger charge is -2.35. The van der Waals surface area contributed by atoms with Gasteiger partial charge in [-0.2, -0.15) is 4.31 Å². The summed E-state index contributed by atoms with van der Waals surface area (Å²) in [7, 11) is -1.71. The summed E-state index contributed by atoms with van der Waals surface area (Å²) in [6, 6.07) is 3.39. The molecular formula is C12H19N3O3S3. The molecule has 1 aromatic rings. The molecule has 0 bridgehead atoms. The Bertz CT molecular complexity index is 552. The Morgan fingerprint density at radius 2 is 2.14 bits per heavy atom. The molecule has 0 amide bonds. The molecule has 1 N–H and O–H groups in total. The smallest absolute Gasteiger partial charge is 0.252 e. The number of hydrogen-bond donors (Lipinski definition) is 1. The largest absolute Gasteiger partial charge is 0.383 e. The zero-order valence-electron chi connectivity index (χ0n) is 11.8. The number of nitrogens with zero attached hydrogens (tertiary/aromatic N) is 2. The molecule has 1 saturated heterocycles. The number of methoxy groups -OCH3 is 1. The van der Waals surface area contributed by atoms with Gasteiger partial charge in [0.15, 0.2) is 5.11 Å². The number of piperazine rings is 1. The molecular weight excluding hydrogens is 330 g/mol. The van der Waals surface area contributed by atoms with Crippen molar-refractivity contribution in [1.82, 2.24) is 14.5 Å².